The topological polar surface area (TPSA) is 82.1 Å². The zero-order chi connectivity index (χ0) is 16.5. The number of benzene rings is 1. The van der Waals surface area contributed by atoms with Crippen LogP contribution in [0.3, 0.4) is 0 Å². The van der Waals surface area contributed by atoms with Crippen LogP contribution in [0.1, 0.15) is 27.0 Å². The summed E-state index contributed by atoms with van der Waals surface area (Å²) >= 11 is 1.56. The Hall–Kier alpha value is -2.51. The van der Waals surface area contributed by atoms with E-state index in [0.29, 0.717) is 11.5 Å². The van der Waals surface area contributed by atoms with Crippen LogP contribution < -0.4 is 0 Å². The average molecular weight is 340 g/mol. The van der Waals surface area contributed by atoms with Crippen molar-refractivity contribution in [2.75, 3.05) is 13.1 Å². The van der Waals surface area contributed by atoms with E-state index >= 15 is 0 Å². The summed E-state index contributed by atoms with van der Waals surface area (Å²) in [5.41, 5.74) is 2.23. The Morgan fingerprint density at radius 1 is 1.33 bits per heavy atom. The second-order valence-corrected chi connectivity index (χ2v) is 6.99. The van der Waals surface area contributed by atoms with Crippen molar-refractivity contribution >= 4 is 17.3 Å². The molecule has 1 aliphatic heterocycles. The van der Waals surface area contributed by atoms with Crippen LogP contribution in [0.15, 0.2) is 42.7 Å². The third-order valence-electron chi connectivity index (χ3n) is 4.25. The number of aromatic carboxylic acids is 1. The van der Waals surface area contributed by atoms with Gasteiger partial charge in [-0.3, -0.25) is 10.00 Å². The van der Waals surface area contributed by atoms with E-state index in [0.717, 1.165) is 35.1 Å². The largest absolute Gasteiger partial charge is 0.478 e. The van der Waals surface area contributed by atoms with Crippen LogP contribution in [0.5, 0.6) is 0 Å². The third-order valence-corrected chi connectivity index (χ3v) is 5.27. The van der Waals surface area contributed by atoms with Gasteiger partial charge in [0.2, 0.25) is 0 Å². The Balaban J connectivity index is 1.44. The van der Waals surface area contributed by atoms with E-state index in [9.17, 15) is 9.90 Å². The van der Waals surface area contributed by atoms with Gasteiger partial charge in [0.1, 0.15) is 5.01 Å². The maximum absolute atomic E-state index is 11.4. The number of carbonyl (C=O) groups is 1. The van der Waals surface area contributed by atoms with Crippen molar-refractivity contribution in [3.05, 3.63) is 59.0 Å². The van der Waals surface area contributed by atoms with Crippen LogP contribution in [0.25, 0.3) is 10.4 Å². The molecule has 1 saturated heterocycles. The highest BCUT2D eigenvalue weighted by molar-refractivity contribution is 7.15. The van der Waals surface area contributed by atoms with Crippen LogP contribution >= 0.6 is 11.3 Å². The summed E-state index contributed by atoms with van der Waals surface area (Å²) in [6.45, 7) is 2.77. The smallest absolute Gasteiger partial charge is 0.336 e. The summed E-state index contributed by atoms with van der Waals surface area (Å²) in [6.07, 6.45) is 3.55. The fraction of sp³-hybridized carbons (Fsp3) is 0.235. The molecule has 2 aromatic heterocycles. The molecule has 2 N–H and O–H groups in total. The van der Waals surface area contributed by atoms with Crippen LogP contribution in [-0.4, -0.2) is 44.2 Å². The fourth-order valence-electron chi connectivity index (χ4n) is 2.97. The van der Waals surface area contributed by atoms with Crippen LogP contribution in [0.2, 0.25) is 0 Å². The molecule has 0 radical (unpaired) electrons. The number of H-pyrrole nitrogens is 1. The number of thiazole rings is 1. The fourth-order valence-corrected chi connectivity index (χ4v) is 3.97. The highest BCUT2D eigenvalue weighted by Crippen LogP contribution is 2.32. The average Bonchev–Trinajstić information content (AvgIpc) is 3.22. The van der Waals surface area contributed by atoms with Crippen LogP contribution in [0, 0.1) is 0 Å². The number of aromatic amines is 1. The lowest BCUT2D eigenvalue weighted by Gasteiger charge is -2.38. The summed E-state index contributed by atoms with van der Waals surface area (Å²) < 4.78 is 0. The molecular weight excluding hydrogens is 324 g/mol. The van der Waals surface area contributed by atoms with E-state index in [4.69, 9.17) is 0 Å². The van der Waals surface area contributed by atoms with E-state index in [-0.39, 0.29) is 0 Å². The standard InChI is InChI=1S/C17H16N4O2S/c22-17(23)13-4-2-1-3-12(13)15-7-18-16(24-15)10-21-8-11(9-21)14-5-6-19-20-14/h1-7,11H,8-10H2,(H,19,20)(H,22,23). The number of nitrogens with zero attached hydrogens (tertiary/aromatic N) is 3. The quantitative estimate of drug-likeness (QED) is 0.746. The lowest BCUT2D eigenvalue weighted by Crippen LogP contribution is -2.44. The second-order valence-electron chi connectivity index (χ2n) is 5.87. The molecule has 0 aliphatic carbocycles. The second kappa shape index (κ2) is 6.18. The molecule has 122 valence electrons. The van der Waals surface area contributed by atoms with E-state index in [1.165, 1.54) is 5.69 Å². The number of carboxylic acid groups (broad SMARTS) is 1. The Bertz CT molecular complexity index is 853. The van der Waals surface area contributed by atoms with Crippen LogP contribution in [0.4, 0.5) is 0 Å². The zero-order valence-corrected chi connectivity index (χ0v) is 13.7. The molecule has 1 aliphatic rings. The highest BCUT2D eigenvalue weighted by Gasteiger charge is 2.29. The molecule has 1 fully saturated rings. The number of aromatic nitrogens is 3. The lowest BCUT2D eigenvalue weighted by molar-refractivity contribution is 0.0698. The van der Waals surface area contributed by atoms with Crippen molar-refractivity contribution in [2.24, 2.45) is 0 Å². The predicted molar refractivity (Wildman–Crippen MR) is 91.1 cm³/mol. The number of carboxylic acids is 1. The zero-order valence-electron chi connectivity index (χ0n) is 12.8. The minimum absolute atomic E-state index is 0.316. The normalized spacial score (nSPS) is 15.3. The third kappa shape index (κ3) is 2.83. The molecule has 1 aromatic carbocycles. The van der Waals surface area contributed by atoms with Gasteiger partial charge in [0.15, 0.2) is 0 Å². The number of rotatable bonds is 5. The molecule has 0 unspecified atom stereocenters. The van der Waals surface area contributed by atoms with Gasteiger partial charge < -0.3 is 5.11 Å². The predicted octanol–water partition coefficient (Wildman–Crippen LogP) is 2.83. The summed E-state index contributed by atoms with van der Waals surface area (Å²) in [5.74, 6) is -0.398. The van der Waals surface area contributed by atoms with Gasteiger partial charge in [0, 0.05) is 42.7 Å². The molecule has 24 heavy (non-hydrogen) atoms. The number of hydrogen-bond acceptors (Lipinski definition) is 5. The van der Waals surface area contributed by atoms with Crippen molar-refractivity contribution < 1.29 is 9.90 Å². The monoisotopic (exact) mass is 340 g/mol. The minimum atomic E-state index is -0.911. The van der Waals surface area contributed by atoms with Gasteiger partial charge in [-0.25, -0.2) is 9.78 Å². The number of nitrogens with one attached hydrogen (secondary N) is 1. The maximum atomic E-state index is 11.4. The van der Waals surface area contributed by atoms with Gasteiger partial charge in [-0.2, -0.15) is 5.10 Å². The Labute approximate surface area is 142 Å². The van der Waals surface area contributed by atoms with Crippen molar-refractivity contribution in [1.29, 1.82) is 0 Å². The highest BCUT2D eigenvalue weighted by atomic mass is 32.1. The maximum Gasteiger partial charge on any atom is 0.336 e. The van der Waals surface area contributed by atoms with Gasteiger partial charge >= 0.3 is 5.97 Å². The molecular formula is C17H16N4O2S. The first-order chi connectivity index (χ1) is 11.7. The molecule has 0 saturated carbocycles. The molecule has 0 bridgehead atoms. The van der Waals surface area contributed by atoms with Crippen LogP contribution in [-0.2, 0) is 6.54 Å². The van der Waals surface area contributed by atoms with Gasteiger partial charge in [-0.05, 0) is 12.1 Å². The van der Waals surface area contributed by atoms with Crippen molar-refractivity contribution in [3.8, 4) is 10.4 Å². The molecule has 4 rings (SSSR count). The summed E-state index contributed by atoms with van der Waals surface area (Å²) in [7, 11) is 0. The Morgan fingerprint density at radius 2 is 2.17 bits per heavy atom. The summed E-state index contributed by atoms with van der Waals surface area (Å²) in [5, 5.41) is 17.3. The molecule has 6 nitrogen and oxygen atoms in total. The minimum Gasteiger partial charge on any atom is -0.478 e. The van der Waals surface area contributed by atoms with Gasteiger partial charge in [0.05, 0.1) is 17.0 Å². The van der Waals surface area contributed by atoms with E-state index in [2.05, 4.69) is 20.1 Å². The van der Waals surface area contributed by atoms with Gasteiger partial charge in [0.25, 0.3) is 0 Å². The van der Waals surface area contributed by atoms with E-state index in [1.54, 1.807) is 35.9 Å². The van der Waals surface area contributed by atoms with E-state index in [1.807, 2.05) is 18.2 Å². The number of likely N-dealkylation sites (tertiary alicyclic amines) is 1. The lowest BCUT2D eigenvalue weighted by atomic mass is 9.97. The van der Waals surface area contributed by atoms with Crippen molar-refractivity contribution in [3.63, 3.8) is 0 Å². The summed E-state index contributed by atoms with van der Waals surface area (Å²) in [6, 6.07) is 9.07. The first kappa shape index (κ1) is 15.0. The summed E-state index contributed by atoms with van der Waals surface area (Å²) in [4.78, 5) is 19.0. The Kier molecular flexibility index (Phi) is 3.87. The first-order valence-electron chi connectivity index (χ1n) is 7.70. The first-order valence-corrected chi connectivity index (χ1v) is 8.51. The van der Waals surface area contributed by atoms with Crippen molar-refractivity contribution in [1.82, 2.24) is 20.1 Å². The molecule has 0 amide bonds. The SMILES string of the molecule is O=C(O)c1ccccc1-c1cnc(CN2CC(c3ccn[nH]3)C2)s1. The number of hydrogen-bond donors (Lipinski definition) is 2. The molecule has 0 atom stereocenters. The van der Waals surface area contributed by atoms with E-state index < -0.39 is 5.97 Å². The molecule has 7 heteroatoms. The van der Waals surface area contributed by atoms with Gasteiger partial charge in [-0.1, -0.05) is 18.2 Å². The molecule has 3 aromatic rings. The molecule has 3 heterocycles. The van der Waals surface area contributed by atoms with Gasteiger partial charge in [-0.15, -0.1) is 11.3 Å². The van der Waals surface area contributed by atoms with Crippen molar-refractivity contribution in [2.45, 2.75) is 12.5 Å². The Morgan fingerprint density at radius 3 is 2.92 bits per heavy atom. The molecule has 0 spiro atoms.